The number of imidazole rings is 1. The van der Waals surface area contributed by atoms with Crippen molar-refractivity contribution in [2.45, 2.75) is 6.92 Å². The van der Waals surface area contributed by atoms with Crippen LogP contribution in [0, 0.1) is 12.3 Å². The van der Waals surface area contributed by atoms with Gasteiger partial charge in [-0.3, -0.25) is 5.41 Å². The number of nitrogens with one attached hydrogen (secondary N) is 2. The Morgan fingerprint density at radius 3 is 2.79 bits per heavy atom. The maximum Gasteiger partial charge on any atom is 0.157 e. The monoisotopic (exact) mass is 251 g/mol. The van der Waals surface area contributed by atoms with Crippen LogP contribution in [0.2, 0.25) is 0 Å². The van der Waals surface area contributed by atoms with Crippen molar-refractivity contribution in [3.8, 4) is 11.5 Å². The zero-order valence-electron chi connectivity index (χ0n) is 10.4. The summed E-state index contributed by atoms with van der Waals surface area (Å²) in [7, 11) is 0. The van der Waals surface area contributed by atoms with E-state index in [-0.39, 0.29) is 5.84 Å². The number of aryl methyl sites for hydroxylation is 1. The molecule has 0 saturated heterocycles. The van der Waals surface area contributed by atoms with E-state index in [4.69, 9.17) is 11.1 Å². The summed E-state index contributed by atoms with van der Waals surface area (Å²) >= 11 is 0. The molecule has 4 N–H and O–H groups in total. The third-order valence-corrected chi connectivity index (χ3v) is 2.93. The van der Waals surface area contributed by atoms with E-state index in [1.54, 1.807) is 12.1 Å². The maximum absolute atomic E-state index is 7.44. The average Bonchev–Trinajstić information content (AvgIpc) is 2.81. The average molecular weight is 251 g/mol. The largest absolute Gasteiger partial charge is 0.384 e. The van der Waals surface area contributed by atoms with Gasteiger partial charge in [-0.05, 0) is 37.3 Å². The smallest absolute Gasteiger partial charge is 0.157 e. The van der Waals surface area contributed by atoms with Crippen LogP contribution < -0.4 is 5.73 Å². The van der Waals surface area contributed by atoms with Gasteiger partial charge in [0.1, 0.15) is 11.5 Å². The molecule has 2 aromatic heterocycles. The predicted octanol–water partition coefficient (Wildman–Crippen LogP) is 2.22. The van der Waals surface area contributed by atoms with Crippen molar-refractivity contribution in [3.63, 3.8) is 0 Å². The van der Waals surface area contributed by atoms with Gasteiger partial charge in [0.05, 0.1) is 11.0 Å². The first-order valence-electron chi connectivity index (χ1n) is 5.92. The van der Waals surface area contributed by atoms with Crippen LogP contribution in [-0.2, 0) is 0 Å². The lowest BCUT2D eigenvalue weighted by atomic mass is 10.2. The lowest BCUT2D eigenvalue weighted by Gasteiger charge is -1.96. The first-order valence-corrected chi connectivity index (χ1v) is 5.92. The van der Waals surface area contributed by atoms with Gasteiger partial charge in [0, 0.05) is 11.3 Å². The fraction of sp³-hybridized carbons (Fsp3) is 0.0714. The first-order chi connectivity index (χ1) is 9.13. The van der Waals surface area contributed by atoms with Crippen molar-refractivity contribution in [2.24, 2.45) is 5.73 Å². The molecule has 1 aromatic carbocycles. The summed E-state index contributed by atoms with van der Waals surface area (Å²) in [5.74, 6) is 0.763. The predicted molar refractivity (Wildman–Crippen MR) is 75.1 cm³/mol. The fourth-order valence-electron chi connectivity index (χ4n) is 1.97. The van der Waals surface area contributed by atoms with Crippen LogP contribution >= 0.6 is 0 Å². The molecule has 0 bridgehead atoms. The van der Waals surface area contributed by atoms with E-state index in [0.29, 0.717) is 5.56 Å². The molecule has 0 aliphatic rings. The minimum atomic E-state index is 0.0418. The number of benzene rings is 1. The Morgan fingerprint density at radius 2 is 2.05 bits per heavy atom. The van der Waals surface area contributed by atoms with E-state index in [1.165, 1.54) is 0 Å². The molecule has 0 aliphatic heterocycles. The highest BCUT2D eigenvalue weighted by Crippen LogP contribution is 2.20. The van der Waals surface area contributed by atoms with Crippen molar-refractivity contribution in [2.75, 3.05) is 0 Å². The molecule has 0 amide bonds. The summed E-state index contributed by atoms with van der Waals surface area (Å²) < 4.78 is 0. The van der Waals surface area contributed by atoms with Crippen LogP contribution in [0.4, 0.5) is 0 Å². The molecule has 2 heterocycles. The van der Waals surface area contributed by atoms with Crippen molar-refractivity contribution < 1.29 is 0 Å². The van der Waals surface area contributed by atoms with E-state index < -0.39 is 0 Å². The number of aromatic nitrogens is 3. The molecule has 0 radical (unpaired) electrons. The molecule has 0 fully saturated rings. The Morgan fingerprint density at radius 1 is 1.21 bits per heavy atom. The molecule has 94 valence electrons. The number of aromatic amines is 1. The molecule has 5 nitrogen and oxygen atoms in total. The highest BCUT2D eigenvalue weighted by atomic mass is 14.9. The molecule has 0 unspecified atom stereocenters. The van der Waals surface area contributed by atoms with Crippen LogP contribution in [0.5, 0.6) is 0 Å². The van der Waals surface area contributed by atoms with Crippen LogP contribution in [-0.4, -0.2) is 20.8 Å². The SMILES string of the molecule is Cc1cccc(-c2nc3cc(C(=N)N)ccc3[nH]2)n1. The summed E-state index contributed by atoms with van der Waals surface area (Å²) in [6.07, 6.45) is 0. The van der Waals surface area contributed by atoms with E-state index in [0.717, 1.165) is 28.2 Å². The summed E-state index contributed by atoms with van der Waals surface area (Å²) in [6, 6.07) is 11.3. The Bertz CT molecular complexity index is 772. The maximum atomic E-state index is 7.44. The van der Waals surface area contributed by atoms with Crippen molar-refractivity contribution >= 4 is 16.9 Å². The van der Waals surface area contributed by atoms with E-state index in [9.17, 15) is 0 Å². The van der Waals surface area contributed by atoms with Gasteiger partial charge < -0.3 is 10.7 Å². The van der Waals surface area contributed by atoms with Crippen molar-refractivity contribution in [1.29, 1.82) is 5.41 Å². The van der Waals surface area contributed by atoms with Gasteiger partial charge in [-0.15, -0.1) is 0 Å². The Labute approximate surface area is 110 Å². The molecule has 5 heteroatoms. The summed E-state index contributed by atoms with van der Waals surface area (Å²) in [5, 5.41) is 7.44. The van der Waals surface area contributed by atoms with E-state index in [2.05, 4.69) is 15.0 Å². The summed E-state index contributed by atoms with van der Waals surface area (Å²) in [5.41, 5.74) is 9.59. The van der Waals surface area contributed by atoms with Crippen LogP contribution in [0.15, 0.2) is 36.4 Å². The van der Waals surface area contributed by atoms with Gasteiger partial charge in [-0.25, -0.2) is 9.97 Å². The molecule has 3 rings (SSSR count). The molecule has 0 spiro atoms. The number of H-pyrrole nitrogens is 1. The summed E-state index contributed by atoms with van der Waals surface area (Å²) in [6.45, 7) is 1.94. The minimum Gasteiger partial charge on any atom is -0.384 e. The van der Waals surface area contributed by atoms with E-state index in [1.807, 2.05) is 31.2 Å². The number of nitrogens with zero attached hydrogens (tertiary/aromatic N) is 2. The van der Waals surface area contributed by atoms with Crippen molar-refractivity contribution in [3.05, 3.63) is 47.7 Å². The first kappa shape index (κ1) is 11.4. The molecule has 3 aromatic rings. The van der Waals surface area contributed by atoms with Gasteiger partial charge in [-0.1, -0.05) is 6.07 Å². The fourth-order valence-corrected chi connectivity index (χ4v) is 1.97. The van der Waals surface area contributed by atoms with Crippen molar-refractivity contribution in [1.82, 2.24) is 15.0 Å². The minimum absolute atomic E-state index is 0.0418. The Hall–Kier alpha value is -2.69. The lowest BCUT2D eigenvalue weighted by molar-refractivity contribution is 1.17. The number of rotatable bonds is 2. The van der Waals surface area contributed by atoms with Gasteiger partial charge in [-0.2, -0.15) is 0 Å². The molecule has 0 saturated carbocycles. The number of hydrogen-bond acceptors (Lipinski definition) is 3. The highest BCUT2D eigenvalue weighted by molar-refractivity contribution is 5.98. The van der Waals surface area contributed by atoms with Crippen LogP contribution in [0.3, 0.4) is 0 Å². The molecular weight excluding hydrogens is 238 g/mol. The lowest BCUT2D eigenvalue weighted by Crippen LogP contribution is -2.10. The number of fused-ring (bicyclic) bond motifs is 1. The number of nitrogen functional groups attached to an aromatic ring is 1. The van der Waals surface area contributed by atoms with Crippen LogP contribution in [0.1, 0.15) is 11.3 Å². The second-order valence-corrected chi connectivity index (χ2v) is 4.40. The molecule has 0 aliphatic carbocycles. The summed E-state index contributed by atoms with van der Waals surface area (Å²) in [4.78, 5) is 12.2. The van der Waals surface area contributed by atoms with Gasteiger partial charge in [0.2, 0.25) is 0 Å². The zero-order valence-corrected chi connectivity index (χ0v) is 10.4. The highest BCUT2D eigenvalue weighted by Gasteiger charge is 2.07. The van der Waals surface area contributed by atoms with Crippen LogP contribution in [0.25, 0.3) is 22.6 Å². The van der Waals surface area contributed by atoms with Gasteiger partial charge >= 0.3 is 0 Å². The standard InChI is InChI=1S/C14H13N5/c1-8-3-2-4-11(17-8)14-18-10-6-5-9(13(15)16)7-12(10)19-14/h2-7H,1H3,(H3,15,16)(H,18,19). The third kappa shape index (κ3) is 2.06. The quantitative estimate of drug-likeness (QED) is 0.481. The number of hydrogen-bond donors (Lipinski definition) is 3. The third-order valence-electron chi connectivity index (χ3n) is 2.93. The topological polar surface area (TPSA) is 91.4 Å². The second-order valence-electron chi connectivity index (χ2n) is 4.40. The number of pyridine rings is 1. The van der Waals surface area contributed by atoms with Gasteiger partial charge in [0.15, 0.2) is 5.82 Å². The molecule has 0 atom stereocenters. The second kappa shape index (κ2) is 4.20. The molecule has 19 heavy (non-hydrogen) atoms. The molecular formula is C14H13N5. The van der Waals surface area contributed by atoms with Gasteiger partial charge in [0.25, 0.3) is 0 Å². The normalized spacial score (nSPS) is 10.8. The number of amidine groups is 1. The zero-order chi connectivity index (χ0) is 13.4. The number of nitrogens with two attached hydrogens (primary N) is 1. The Balaban J connectivity index is 2.14. The Kier molecular flexibility index (Phi) is 2.52. The van der Waals surface area contributed by atoms with E-state index >= 15 is 0 Å².